The van der Waals surface area contributed by atoms with Crippen molar-refractivity contribution in [2.24, 2.45) is 0 Å². The van der Waals surface area contributed by atoms with Crippen molar-refractivity contribution in [3.05, 3.63) is 0 Å². The standard InChI is InChI=1S/C3H6O2/c1-2-3(4)5/h2H2,1H3,(H,4,5)/i1D3. The molecule has 0 amide bonds. The van der Waals surface area contributed by atoms with E-state index in [-0.39, 0.29) is 0 Å². The molecule has 0 bridgehead atoms. The molecule has 0 saturated heterocycles. The summed E-state index contributed by atoms with van der Waals surface area (Å²) in [6.45, 7) is -2.33. The van der Waals surface area contributed by atoms with Gasteiger partial charge in [0.15, 0.2) is 0 Å². The van der Waals surface area contributed by atoms with E-state index >= 15 is 0 Å². The Morgan fingerprint density at radius 2 is 3.00 bits per heavy atom. The van der Waals surface area contributed by atoms with Gasteiger partial charge in [0.05, 0.1) is 0 Å². The molecule has 0 aromatic heterocycles. The molecule has 2 heteroatoms. The first-order chi connectivity index (χ1) is 3.42. The maximum absolute atomic E-state index is 9.65. The quantitative estimate of drug-likeness (QED) is 0.494. The molecular weight excluding hydrogens is 68.0 g/mol. The molecule has 2 nitrogen and oxygen atoms in total. The van der Waals surface area contributed by atoms with Crippen LogP contribution in [0.25, 0.3) is 0 Å². The van der Waals surface area contributed by atoms with Crippen molar-refractivity contribution in [3.8, 4) is 0 Å². The largest absolute Gasteiger partial charge is 0.481 e. The number of aliphatic carboxylic acids is 1. The van der Waals surface area contributed by atoms with Gasteiger partial charge in [0.2, 0.25) is 0 Å². The van der Waals surface area contributed by atoms with Crippen molar-refractivity contribution in [1.82, 2.24) is 0 Å². The van der Waals surface area contributed by atoms with E-state index in [0.29, 0.717) is 0 Å². The van der Waals surface area contributed by atoms with Gasteiger partial charge in [-0.2, -0.15) is 0 Å². The van der Waals surface area contributed by atoms with Gasteiger partial charge in [-0.3, -0.25) is 4.79 Å². The highest BCUT2D eigenvalue weighted by atomic mass is 16.4. The lowest BCUT2D eigenvalue weighted by Crippen LogP contribution is -1.86. The Morgan fingerprint density at radius 1 is 2.40 bits per heavy atom. The average Bonchev–Trinajstić information content (AvgIpc) is 1.21. The van der Waals surface area contributed by atoms with Crippen molar-refractivity contribution in [3.63, 3.8) is 0 Å². The molecule has 0 spiro atoms. The van der Waals surface area contributed by atoms with E-state index in [1.165, 1.54) is 0 Å². The van der Waals surface area contributed by atoms with Crippen molar-refractivity contribution in [2.75, 3.05) is 0 Å². The Morgan fingerprint density at radius 3 is 3.00 bits per heavy atom. The Kier molecular flexibility index (Phi) is 0.452. The Balaban J connectivity index is 3.55. The van der Waals surface area contributed by atoms with E-state index in [2.05, 4.69) is 0 Å². The lowest BCUT2D eigenvalue weighted by Gasteiger charge is -1.71. The van der Waals surface area contributed by atoms with Crippen molar-refractivity contribution in [2.45, 2.75) is 13.3 Å². The summed E-state index contributed by atoms with van der Waals surface area (Å²) in [6.07, 6.45) is -0.757. The van der Waals surface area contributed by atoms with Crippen LogP contribution >= 0.6 is 0 Å². The SMILES string of the molecule is [2H]C([2H])([2H])CC(=O)O. The first-order valence-electron chi connectivity index (χ1n) is 2.63. The van der Waals surface area contributed by atoms with Gasteiger partial charge in [-0.05, 0) is 0 Å². The van der Waals surface area contributed by atoms with Gasteiger partial charge in [0.25, 0.3) is 0 Å². The first kappa shape index (κ1) is 1.29. The molecule has 0 aliphatic heterocycles. The topological polar surface area (TPSA) is 37.3 Å². The maximum Gasteiger partial charge on any atom is 0.303 e. The number of rotatable bonds is 1. The Labute approximate surface area is 34.6 Å². The van der Waals surface area contributed by atoms with Gasteiger partial charge in [-0.25, -0.2) is 0 Å². The van der Waals surface area contributed by atoms with Crippen LogP contribution < -0.4 is 0 Å². The van der Waals surface area contributed by atoms with Crippen LogP contribution in [0.2, 0.25) is 0 Å². The number of hydrogen-bond donors (Lipinski definition) is 1. The molecule has 0 radical (unpaired) electrons. The summed E-state index contributed by atoms with van der Waals surface area (Å²) < 4.78 is 19.2. The van der Waals surface area contributed by atoms with Crippen LogP contribution in [0.3, 0.4) is 0 Å². The van der Waals surface area contributed by atoms with Crippen LogP contribution in [-0.4, -0.2) is 11.1 Å². The third-order valence-electron chi connectivity index (χ3n) is 0.151. The summed E-state index contributed by atoms with van der Waals surface area (Å²) in [5.74, 6) is -1.29. The number of carbonyl (C=O) groups is 1. The molecule has 0 aromatic rings. The summed E-state index contributed by atoms with van der Waals surface area (Å²) >= 11 is 0. The van der Waals surface area contributed by atoms with E-state index in [1.54, 1.807) is 0 Å². The summed E-state index contributed by atoms with van der Waals surface area (Å²) in [5.41, 5.74) is 0. The van der Waals surface area contributed by atoms with Gasteiger partial charge in [0, 0.05) is 10.5 Å². The summed E-state index contributed by atoms with van der Waals surface area (Å²) in [6, 6.07) is 0. The number of carboxylic acid groups (broad SMARTS) is 1. The second kappa shape index (κ2) is 1.76. The third kappa shape index (κ3) is 3.47. The predicted molar refractivity (Wildman–Crippen MR) is 17.9 cm³/mol. The normalized spacial score (nSPS) is 18.8. The zero-order valence-corrected chi connectivity index (χ0v) is 2.56. The lowest BCUT2D eigenvalue weighted by atomic mass is 10.5. The minimum atomic E-state index is -2.33. The zero-order valence-electron chi connectivity index (χ0n) is 5.56. The molecule has 0 heterocycles. The second-order valence-corrected chi connectivity index (χ2v) is 0.571. The molecule has 0 aliphatic rings. The number of hydrogen-bond acceptors (Lipinski definition) is 1. The molecular formula is C3H6O2. The van der Waals surface area contributed by atoms with Gasteiger partial charge in [0.1, 0.15) is 0 Å². The van der Waals surface area contributed by atoms with Crippen LogP contribution in [0.4, 0.5) is 0 Å². The molecule has 0 rings (SSSR count). The van der Waals surface area contributed by atoms with Crippen LogP contribution in [0.5, 0.6) is 0 Å². The third-order valence-corrected chi connectivity index (χ3v) is 0.151. The van der Waals surface area contributed by atoms with E-state index in [4.69, 9.17) is 9.22 Å². The van der Waals surface area contributed by atoms with Crippen molar-refractivity contribution in [1.29, 1.82) is 0 Å². The molecule has 0 aliphatic carbocycles. The highest BCUT2D eigenvalue weighted by Gasteiger charge is 1.80. The second-order valence-electron chi connectivity index (χ2n) is 0.571. The van der Waals surface area contributed by atoms with E-state index < -0.39 is 19.2 Å². The van der Waals surface area contributed by atoms with Gasteiger partial charge < -0.3 is 5.11 Å². The molecule has 0 saturated carbocycles. The van der Waals surface area contributed by atoms with Crippen LogP contribution in [0, 0.1) is 0 Å². The molecule has 0 atom stereocenters. The minimum absolute atomic E-state index is 0.757. The smallest absolute Gasteiger partial charge is 0.303 e. The maximum atomic E-state index is 9.65. The summed E-state index contributed by atoms with van der Waals surface area (Å²) in [4.78, 5) is 9.65. The minimum Gasteiger partial charge on any atom is -0.481 e. The highest BCUT2D eigenvalue weighted by Crippen LogP contribution is 1.67. The Hall–Kier alpha value is -0.530. The van der Waals surface area contributed by atoms with Crippen molar-refractivity contribution < 1.29 is 14.0 Å². The highest BCUT2D eigenvalue weighted by molar-refractivity contribution is 5.66. The average molecular weight is 77.1 g/mol. The molecule has 0 fully saturated rings. The Bertz CT molecular complexity index is 95.2. The van der Waals surface area contributed by atoms with E-state index in [9.17, 15) is 4.79 Å². The fraction of sp³-hybridized carbons (Fsp3) is 0.667. The molecule has 5 heavy (non-hydrogen) atoms. The van der Waals surface area contributed by atoms with Crippen molar-refractivity contribution >= 4 is 5.97 Å². The van der Waals surface area contributed by atoms with Gasteiger partial charge >= 0.3 is 5.97 Å². The zero-order chi connectivity index (χ0) is 6.78. The van der Waals surface area contributed by atoms with E-state index in [1.807, 2.05) is 0 Å². The molecule has 0 aromatic carbocycles. The predicted octanol–water partition coefficient (Wildman–Crippen LogP) is 0.481. The van der Waals surface area contributed by atoms with Gasteiger partial charge in [-0.1, -0.05) is 6.85 Å². The molecule has 1 N–H and O–H groups in total. The summed E-state index contributed by atoms with van der Waals surface area (Å²) in [5, 5.41) is 7.89. The summed E-state index contributed by atoms with van der Waals surface area (Å²) in [7, 11) is 0. The van der Waals surface area contributed by atoms with Gasteiger partial charge in [-0.15, -0.1) is 0 Å². The van der Waals surface area contributed by atoms with Crippen LogP contribution in [0.15, 0.2) is 0 Å². The number of carboxylic acids is 1. The van der Waals surface area contributed by atoms with E-state index in [0.717, 1.165) is 0 Å². The monoisotopic (exact) mass is 77.1 g/mol. The fourth-order valence-electron chi connectivity index (χ4n) is 0. The fourth-order valence-corrected chi connectivity index (χ4v) is 0. The lowest BCUT2D eigenvalue weighted by molar-refractivity contribution is -0.136. The molecule has 30 valence electrons. The van der Waals surface area contributed by atoms with Crippen LogP contribution in [0.1, 0.15) is 17.4 Å². The first-order valence-corrected chi connectivity index (χ1v) is 1.13. The molecule has 0 unspecified atom stereocenters. The van der Waals surface area contributed by atoms with Crippen LogP contribution in [-0.2, 0) is 4.79 Å².